The highest BCUT2D eigenvalue weighted by molar-refractivity contribution is 14.1. The molecular formula is C25H33IN4O3. The van der Waals surface area contributed by atoms with Gasteiger partial charge in [-0.15, -0.1) is 0 Å². The molecule has 0 heterocycles. The Kier molecular flexibility index (Phi) is 10.8. The van der Waals surface area contributed by atoms with Gasteiger partial charge in [-0.05, 0) is 65.1 Å². The van der Waals surface area contributed by atoms with Gasteiger partial charge in [0.25, 0.3) is 0 Å². The summed E-state index contributed by atoms with van der Waals surface area (Å²) in [7, 11) is 0. The molecule has 0 saturated heterocycles. The second-order valence-electron chi connectivity index (χ2n) is 8.56. The van der Waals surface area contributed by atoms with Crippen LogP contribution in [0.4, 0.5) is 0 Å². The van der Waals surface area contributed by atoms with E-state index >= 15 is 0 Å². The summed E-state index contributed by atoms with van der Waals surface area (Å²) in [5.41, 5.74) is 7.80. The smallest absolute Gasteiger partial charge is 0.243 e. The third kappa shape index (κ3) is 9.51. The summed E-state index contributed by atoms with van der Waals surface area (Å²) in [6.45, 7) is 5.89. The van der Waals surface area contributed by atoms with Crippen LogP contribution >= 0.6 is 22.6 Å². The molecule has 0 bridgehead atoms. The lowest BCUT2D eigenvalue weighted by Crippen LogP contribution is -2.55. The summed E-state index contributed by atoms with van der Waals surface area (Å²) in [6.07, 6.45) is 0.858. The van der Waals surface area contributed by atoms with Gasteiger partial charge >= 0.3 is 0 Å². The van der Waals surface area contributed by atoms with Gasteiger partial charge in [-0.2, -0.15) is 0 Å². The van der Waals surface area contributed by atoms with Gasteiger partial charge in [-0.3, -0.25) is 14.4 Å². The molecule has 3 amide bonds. The normalized spacial score (nSPS) is 13.6. The van der Waals surface area contributed by atoms with Crippen LogP contribution in [0.5, 0.6) is 0 Å². The first-order valence-corrected chi connectivity index (χ1v) is 12.2. The molecule has 0 aliphatic heterocycles. The minimum atomic E-state index is -0.821. The van der Waals surface area contributed by atoms with Gasteiger partial charge in [0, 0.05) is 16.5 Å². The van der Waals surface area contributed by atoms with Crippen molar-refractivity contribution < 1.29 is 14.4 Å². The van der Waals surface area contributed by atoms with Crippen LogP contribution in [-0.4, -0.2) is 35.8 Å². The minimum Gasteiger partial charge on any atom is -0.350 e. The van der Waals surface area contributed by atoms with Crippen molar-refractivity contribution in [3.63, 3.8) is 0 Å². The van der Waals surface area contributed by atoms with Gasteiger partial charge in [0.2, 0.25) is 17.7 Å². The molecule has 5 N–H and O–H groups in total. The largest absolute Gasteiger partial charge is 0.350 e. The molecule has 0 aromatic heterocycles. The lowest BCUT2D eigenvalue weighted by atomic mass is 10.0. The number of halogens is 1. The number of nitrogens with two attached hydrogens (primary N) is 1. The first kappa shape index (κ1) is 26.8. The third-order valence-electron chi connectivity index (χ3n) is 5.11. The number of rotatable bonds is 11. The van der Waals surface area contributed by atoms with Crippen LogP contribution in [0.2, 0.25) is 0 Å². The molecular weight excluding hydrogens is 531 g/mol. The van der Waals surface area contributed by atoms with Crippen LogP contribution in [-0.2, 0) is 27.3 Å². The van der Waals surface area contributed by atoms with Crippen molar-refractivity contribution in [3.8, 4) is 0 Å². The first-order valence-electron chi connectivity index (χ1n) is 11.1. The third-order valence-corrected chi connectivity index (χ3v) is 5.83. The molecule has 3 atom stereocenters. The Balaban J connectivity index is 2.02. The van der Waals surface area contributed by atoms with Crippen molar-refractivity contribution >= 4 is 40.3 Å². The molecule has 0 saturated carbocycles. The highest BCUT2D eigenvalue weighted by Gasteiger charge is 2.26. The Bertz CT molecular complexity index is 919. The Morgan fingerprint density at radius 2 is 1.48 bits per heavy atom. The molecule has 2 aromatic carbocycles. The van der Waals surface area contributed by atoms with Gasteiger partial charge in [-0.1, -0.05) is 56.3 Å². The summed E-state index contributed by atoms with van der Waals surface area (Å²) >= 11 is 2.23. The van der Waals surface area contributed by atoms with E-state index in [9.17, 15) is 14.4 Å². The minimum absolute atomic E-state index is 0.266. The van der Waals surface area contributed by atoms with E-state index in [1.165, 1.54) is 0 Å². The van der Waals surface area contributed by atoms with Crippen LogP contribution in [0.25, 0.3) is 0 Å². The second kappa shape index (κ2) is 13.3. The average molecular weight is 564 g/mol. The number of hydrogen-bond acceptors (Lipinski definition) is 4. The molecule has 2 rings (SSSR count). The molecule has 8 heteroatoms. The van der Waals surface area contributed by atoms with E-state index in [0.717, 1.165) is 14.7 Å². The molecule has 0 unspecified atom stereocenters. The maximum absolute atomic E-state index is 13.0. The van der Waals surface area contributed by atoms with E-state index in [-0.39, 0.29) is 17.7 Å². The fraction of sp³-hybridized carbons (Fsp3) is 0.400. The predicted molar refractivity (Wildman–Crippen MR) is 138 cm³/mol. The number of hydrogen-bond donors (Lipinski definition) is 4. The van der Waals surface area contributed by atoms with E-state index < -0.39 is 24.0 Å². The summed E-state index contributed by atoms with van der Waals surface area (Å²) in [6, 6.07) is 15.0. The van der Waals surface area contributed by atoms with E-state index in [4.69, 9.17) is 5.73 Å². The quantitative estimate of drug-likeness (QED) is 0.314. The van der Waals surface area contributed by atoms with E-state index in [2.05, 4.69) is 38.5 Å². The van der Waals surface area contributed by atoms with Crippen molar-refractivity contribution in [1.29, 1.82) is 0 Å². The van der Waals surface area contributed by atoms with Gasteiger partial charge in [0.1, 0.15) is 12.1 Å². The summed E-state index contributed by atoms with van der Waals surface area (Å²) in [5, 5.41) is 8.34. The van der Waals surface area contributed by atoms with Crippen LogP contribution in [0.1, 0.15) is 38.3 Å². The monoisotopic (exact) mass is 564 g/mol. The first-order chi connectivity index (χ1) is 15.7. The van der Waals surface area contributed by atoms with Crippen LogP contribution in [0, 0.1) is 9.49 Å². The lowest BCUT2D eigenvalue weighted by molar-refractivity contribution is -0.132. The van der Waals surface area contributed by atoms with Gasteiger partial charge in [0.05, 0.1) is 6.04 Å². The van der Waals surface area contributed by atoms with Gasteiger partial charge < -0.3 is 21.7 Å². The maximum atomic E-state index is 13.0. The van der Waals surface area contributed by atoms with Gasteiger partial charge in [-0.25, -0.2) is 0 Å². The topological polar surface area (TPSA) is 113 Å². The molecule has 7 nitrogen and oxygen atoms in total. The van der Waals surface area contributed by atoms with Crippen LogP contribution < -0.4 is 21.7 Å². The standard InChI is InChI=1S/C25H33IN4O3/c1-16(2)13-21(27)24(32)29-17(3)23(31)30-22(14-18-7-5-4-6-8-18)25(33)28-15-19-9-11-20(26)12-10-19/h4-12,16-17,21-22H,13-15,27H2,1-3H3,(H,28,33)(H,29,32)(H,30,31)/t17-,21-,22+/m1/s1. The lowest BCUT2D eigenvalue weighted by Gasteiger charge is -2.22. The molecule has 0 spiro atoms. The van der Waals surface area contributed by atoms with Crippen molar-refractivity contribution in [2.24, 2.45) is 11.7 Å². The summed E-state index contributed by atoms with van der Waals surface area (Å²) < 4.78 is 1.11. The number of carbonyl (C=O) groups excluding carboxylic acids is 3. The predicted octanol–water partition coefficient (Wildman–Crippen LogP) is 2.51. The van der Waals surface area contributed by atoms with Crippen molar-refractivity contribution in [2.75, 3.05) is 0 Å². The van der Waals surface area contributed by atoms with Crippen molar-refractivity contribution in [3.05, 3.63) is 69.3 Å². The average Bonchev–Trinajstić information content (AvgIpc) is 2.78. The zero-order valence-electron chi connectivity index (χ0n) is 19.3. The maximum Gasteiger partial charge on any atom is 0.243 e. The zero-order valence-corrected chi connectivity index (χ0v) is 21.5. The fourth-order valence-corrected chi connectivity index (χ4v) is 3.63. The van der Waals surface area contributed by atoms with Crippen molar-refractivity contribution in [1.82, 2.24) is 16.0 Å². The molecule has 0 radical (unpaired) electrons. The highest BCUT2D eigenvalue weighted by atomic mass is 127. The summed E-state index contributed by atoms with van der Waals surface area (Å²) in [4.78, 5) is 38.0. The molecule has 178 valence electrons. The van der Waals surface area contributed by atoms with E-state index in [1.807, 2.05) is 68.4 Å². The molecule has 0 fully saturated rings. The highest BCUT2D eigenvalue weighted by Crippen LogP contribution is 2.08. The van der Waals surface area contributed by atoms with E-state index in [0.29, 0.717) is 19.4 Å². The molecule has 0 aliphatic carbocycles. The number of amides is 3. The van der Waals surface area contributed by atoms with Crippen molar-refractivity contribution in [2.45, 2.75) is 58.3 Å². The Morgan fingerprint density at radius 1 is 0.848 bits per heavy atom. The SMILES string of the molecule is CC(C)C[C@@H](N)C(=O)N[C@H](C)C(=O)N[C@@H](Cc1ccccc1)C(=O)NCc1ccc(I)cc1. The Morgan fingerprint density at radius 3 is 2.09 bits per heavy atom. The molecule has 2 aromatic rings. The van der Waals surface area contributed by atoms with Gasteiger partial charge in [0.15, 0.2) is 0 Å². The number of carbonyl (C=O) groups is 3. The number of benzene rings is 2. The Hall–Kier alpha value is -2.46. The molecule has 0 aliphatic rings. The van der Waals surface area contributed by atoms with Crippen LogP contribution in [0.3, 0.4) is 0 Å². The Labute approximate surface area is 209 Å². The zero-order chi connectivity index (χ0) is 24.4. The molecule has 33 heavy (non-hydrogen) atoms. The van der Waals surface area contributed by atoms with Crippen LogP contribution in [0.15, 0.2) is 54.6 Å². The number of nitrogens with one attached hydrogen (secondary N) is 3. The second-order valence-corrected chi connectivity index (χ2v) is 9.81. The summed E-state index contributed by atoms with van der Waals surface area (Å²) in [5.74, 6) is -0.845. The van der Waals surface area contributed by atoms with E-state index in [1.54, 1.807) is 6.92 Å². The fourth-order valence-electron chi connectivity index (χ4n) is 3.27.